The molecule has 0 spiro atoms. The minimum Gasteiger partial charge on any atom is -0.352 e. The van der Waals surface area contributed by atoms with Gasteiger partial charge in [-0.25, -0.2) is 4.79 Å². The van der Waals surface area contributed by atoms with E-state index in [1.54, 1.807) is 20.0 Å². The van der Waals surface area contributed by atoms with Crippen molar-refractivity contribution >= 4 is 27.8 Å². The van der Waals surface area contributed by atoms with Gasteiger partial charge in [0.1, 0.15) is 6.54 Å². The molecule has 1 amide bonds. The van der Waals surface area contributed by atoms with Crippen molar-refractivity contribution in [1.82, 2.24) is 29.2 Å². The first-order valence-electron chi connectivity index (χ1n) is 14.9. The number of fused-ring (bicyclic) bond motifs is 2. The normalized spacial score (nSPS) is 11.4. The molecule has 0 aliphatic carbocycles. The SMILES string of the molecule is CCCCC(C)C.Cc1cc(-c2cncc3c2cnn3C)ccc1-n1c(=O)n(CC(=O)NC(C)C)c2cccc(C)c21. The highest BCUT2D eigenvalue weighted by Crippen LogP contribution is 2.31. The molecule has 0 aliphatic rings. The van der Waals surface area contributed by atoms with Crippen LogP contribution in [0.15, 0.2) is 59.8 Å². The predicted octanol–water partition coefficient (Wildman–Crippen LogP) is 6.71. The van der Waals surface area contributed by atoms with Gasteiger partial charge in [0.05, 0.1) is 34.6 Å². The fraction of sp³-hybridized carbons (Fsp3) is 0.412. The molecule has 0 aliphatic heterocycles. The van der Waals surface area contributed by atoms with E-state index in [-0.39, 0.29) is 24.2 Å². The average molecular weight is 569 g/mol. The molecule has 0 unspecified atom stereocenters. The Morgan fingerprint density at radius 1 is 0.976 bits per heavy atom. The van der Waals surface area contributed by atoms with Crippen molar-refractivity contribution in [3.8, 4) is 16.8 Å². The summed E-state index contributed by atoms with van der Waals surface area (Å²) in [5.41, 5.74) is 6.95. The number of nitrogens with one attached hydrogen (secondary N) is 1. The predicted molar refractivity (Wildman–Crippen MR) is 172 cm³/mol. The van der Waals surface area contributed by atoms with E-state index in [1.807, 2.05) is 77.5 Å². The molecule has 0 saturated carbocycles. The Balaban J connectivity index is 0.000000517. The minimum absolute atomic E-state index is 0.00170. The Kier molecular flexibility index (Phi) is 9.66. The van der Waals surface area contributed by atoms with Crippen LogP contribution >= 0.6 is 0 Å². The van der Waals surface area contributed by atoms with Crippen LogP contribution in [0.3, 0.4) is 0 Å². The van der Waals surface area contributed by atoms with Crippen molar-refractivity contribution in [2.24, 2.45) is 13.0 Å². The van der Waals surface area contributed by atoms with Gasteiger partial charge in [-0.1, -0.05) is 58.2 Å². The summed E-state index contributed by atoms with van der Waals surface area (Å²) in [5, 5.41) is 8.27. The molecular weight excluding hydrogens is 524 g/mol. The highest BCUT2D eigenvalue weighted by Gasteiger charge is 2.20. The first-order chi connectivity index (χ1) is 20.0. The van der Waals surface area contributed by atoms with E-state index in [2.05, 4.69) is 42.2 Å². The van der Waals surface area contributed by atoms with Crippen LogP contribution in [0.5, 0.6) is 0 Å². The quantitative estimate of drug-likeness (QED) is 0.225. The summed E-state index contributed by atoms with van der Waals surface area (Å²) in [6, 6.07) is 11.8. The van der Waals surface area contributed by atoms with Crippen LogP contribution < -0.4 is 11.0 Å². The van der Waals surface area contributed by atoms with Crippen molar-refractivity contribution in [2.75, 3.05) is 0 Å². The van der Waals surface area contributed by atoms with Gasteiger partial charge in [-0.05, 0) is 68.5 Å². The largest absolute Gasteiger partial charge is 0.352 e. The van der Waals surface area contributed by atoms with Crippen LogP contribution in [0, 0.1) is 19.8 Å². The topological polar surface area (TPSA) is 86.7 Å². The van der Waals surface area contributed by atoms with Gasteiger partial charge in [0.15, 0.2) is 0 Å². The smallest absolute Gasteiger partial charge is 0.334 e. The zero-order valence-corrected chi connectivity index (χ0v) is 26.2. The monoisotopic (exact) mass is 568 g/mol. The zero-order chi connectivity index (χ0) is 30.6. The second-order valence-electron chi connectivity index (χ2n) is 11.8. The highest BCUT2D eigenvalue weighted by atomic mass is 16.2. The number of pyridine rings is 1. The molecule has 5 aromatic rings. The standard InChI is InChI=1S/C27H28N6O2.C7H16/c1-16(2)30-25(34)15-32-23-8-6-7-17(3)26(23)33(27(32)35)22-10-9-19(11-18(22)4)20-12-28-14-24-21(20)13-29-31(24)5;1-4-5-6-7(2)3/h6-14,16H,15H2,1-5H3,(H,30,34);7H,4-6H2,1-3H3. The summed E-state index contributed by atoms with van der Waals surface area (Å²) in [6.45, 7) is 14.5. The molecule has 2 aromatic carbocycles. The Morgan fingerprint density at radius 3 is 2.38 bits per heavy atom. The molecule has 0 radical (unpaired) electrons. The number of carbonyl (C=O) groups is 1. The van der Waals surface area contributed by atoms with E-state index in [4.69, 9.17) is 0 Å². The second-order valence-corrected chi connectivity index (χ2v) is 11.8. The van der Waals surface area contributed by atoms with Gasteiger partial charge in [-0.2, -0.15) is 5.10 Å². The maximum absolute atomic E-state index is 13.7. The lowest BCUT2D eigenvalue weighted by Gasteiger charge is -2.11. The molecule has 0 bridgehead atoms. The lowest BCUT2D eigenvalue weighted by molar-refractivity contribution is -0.122. The Bertz CT molecular complexity index is 1760. The molecular formula is C34H44N6O2. The molecule has 3 heterocycles. The van der Waals surface area contributed by atoms with Crippen molar-refractivity contribution in [2.45, 2.75) is 80.3 Å². The highest BCUT2D eigenvalue weighted by molar-refractivity contribution is 5.94. The summed E-state index contributed by atoms with van der Waals surface area (Å²) in [6.07, 6.45) is 9.64. The number of carbonyl (C=O) groups excluding carboxylic acids is 1. The van der Waals surface area contributed by atoms with Crippen LogP contribution in [-0.2, 0) is 18.4 Å². The van der Waals surface area contributed by atoms with Gasteiger partial charge >= 0.3 is 5.69 Å². The third-order valence-electron chi connectivity index (χ3n) is 7.46. The third-order valence-corrected chi connectivity index (χ3v) is 7.46. The first-order valence-corrected chi connectivity index (χ1v) is 14.9. The number of imidazole rings is 1. The third kappa shape index (κ3) is 6.48. The summed E-state index contributed by atoms with van der Waals surface area (Å²) in [4.78, 5) is 30.6. The van der Waals surface area contributed by atoms with Crippen molar-refractivity contribution in [3.05, 3.63) is 76.6 Å². The Hall–Kier alpha value is -4.20. The first kappa shape index (κ1) is 30.8. The minimum atomic E-state index is -0.236. The Labute approximate surface area is 248 Å². The molecule has 0 atom stereocenters. The van der Waals surface area contributed by atoms with E-state index in [1.165, 1.54) is 19.3 Å². The summed E-state index contributed by atoms with van der Waals surface area (Å²) < 4.78 is 5.07. The number of unbranched alkanes of at least 4 members (excludes halogenated alkanes) is 1. The number of aryl methyl sites for hydroxylation is 3. The Morgan fingerprint density at radius 2 is 1.74 bits per heavy atom. The summed E-state index contributed by atoms with van der Waals surface area (Å²) in [7, 11) is 1.90. The fourth-order valence-electron chi connectivity index (χ4n) is 5.33. The summed E-state index contributed by atoms with van der Waals surface area (Å²) in [5.74, 6) is 0.715. The van der Waals surface area contributed by atoms with Crippen molar-refractivity contribution in [1.29, 1.82) is 0 Å². The number of hydrogen-bond acceptors (Lipinski definition) is 4. The van der Waals surface area contributed by atoms with Gasteiger partial charge in [0.25, 0.3) is 0 Å². The van der Waals surface area contributed by atoms with E-state index in [0.717, 1.165) is 55.8 Å². The van der Waals surface area contributed by atoms with Crippen molar-refractivity contribution < 1.29 is 4.79 Å². The lowest BCUT2D eigenvalue weighted by Crippen LogP contribution is -2.36. The van der Waals surface area contributed by atoms with Crippen LogP contribution in [0.25, 0.3) is 38.8 Å². The number of amides is 1. The van der Waals surface area contributed by atoms with E-state index in [0.29, 0.717) is 0 Å². The number of aromatic nitrogens is 5. The van der Waals surface area contributed by atoms with Gasteiger partial charge in [0.2, 0.25) is 5.91 Å². The number of rotatable bonds is 8. The maximum atomic E-state index is 13.7. The van der Waals surface area contributed by atoms with Gasteiger partial charge in [0, 0.05) is 30.2 Å². The molecule has 3 aromatic heterocycles. The van der Waals surface area contributed by atoms with Crippen molar-refractivity contribution in [3.63, 3.8) is 0 Å². The van der Waals surface area contributed by atoms with Gasteiger partial charge in [-0.15, -0.1) is 0 Å². The zero-order valence-electron chi connectivity index (χ0n) is 26.2. The molecule has 8 nitrogen and oxygen atoms in total. The molecule has 0 fully saturated rings. The van der Waals surface area contributed by atoms with Gasteiger partial charge < -0.3 is 5.32 Å². The van der Waals surface area contributed by atoms with E-state index >= 15 is 0 Å². The number of para-hydroxylation sites is 1. The second kappa shape index (κ2) is 13.2. The van der Waals surface area contributed by atoms with Crippen LogP contribution in [-0.4, -0.2) is 35.8 Å². The maximum Gasteiger partial charge on any atom is 0.334 e. The van der Waals surface area contributed by atoms with Gasteiger partial charge in [-0.3, -0.25) is 23.6 Å². The molecule has 0 saturated heterocycles. The average Bonchev–Trinajstić information content (AvgIpc) is 3.45. The lowest BCUT2D eigenvalue weighted by atomic mass is 10.0. The molecule has 8 heteroatoms. The molecule has 5 rings (SSSR count). The molecule has 42 heavy (non-hydrogen) atoms. The molecule has 222 valence electrons. The van der Waals surface area contributed by atoms with E-state index in [9.17, 15) is 9.59 Å². The fourth-order valence-corrected chi connectivity index (χ4v) is 5.33. The number of nitrogens with zero attached hydrogens (tertiary/aromatic N) is 5. The van der Waals surface area contributed by atoms with Crippen LogP contribution in [0.4, 0.5) is 0 Å². The van der Waals surface area contributed by atoms with Crippen LogP contribution in [0.2, 0.25) is 0 Å². The molecule has 1 N–H and O–H groups in total. The summed E-state index contributed by atoms with van der Waals surface area (Å²) >= 11 is 0. The van der Waals surface area contributed by atoms with E-state index < -0.39 is 0 Å². The number of benzene rings is 2. The van der Waals surface area contributed by atoms with Crippen LogP contribution in [0.1, 0.15) is 65.0 Å². The number of hydrogen-bond donors (Lipinski definition) is 1.